The van der Waals surface area contributed by atoms with Crippen LogP contribution in [0, 0.1) is 23.2 Å². The van der Waals surface area contributed by atoms with E-state index in [9.17, 15) is 9.59 Å². The topological polar surface area (TPSA) is 73.2 Å². The smallest absolute Gasteiger partial charge is 0.227 e. The molecular weight excluding hydrogens is 206 g/mol. The Kier molecular flexibility index (Phi) is 4.29. The monoisotopic (exact) mass is 223 g/mol. The fraction of sp³-hybridized carbons (Fsp3) is 0.727. The molecule has 2 atom stereocenters. The predicted molar refractivity (Wildman–Crippen MR) is 58.1 cm³/mol. The SMILES string of the molecule is CC(C#N)CN(C)C(=O)C1CCC(=O)NC1. The summed E-state index contributed by atoms with van der Waals surface area (Å²) in [6.45, 7) is 2.65. The lowest BCUT2D eigenvalue weighted by Gasteiger charge is -2.27. The van der Waals surface area contributed by atoms with E-state index >= 15 is 0 Å². The van der Waals surface area contributed by atoms with Crippen LogP contribution < -0.4 is 5.32 Å². The number of hydrogen-bond donors (Lipinski definition) is 1. The number of carbonyl (C=O) groups excluding carboxylic acids is 2. The van der Waals surface area contributed by atoms with Gasteiger partial charge in [-0.25, -0.2) is 0 Å². The van der Waals surface area contributed by atoms with E-state index in [1.807, 2.05) is 0 Å². The Bertz CT molecular complexity index is 312. The van der Waals surface area contributed by atoms with Gasteiger partial charge in [0.25, 0.3) is 0 Å². The second-order valence-electron chi connectivity index (χ2n) is 4.29. The van der Waals surface area contributed by atoms with E-state index in [0.717, 1.165) is 0 Å². The summed E-state index contributed by atoms with van der Waals surface area (Å²) in [5.74, 6) is -0.264. The van der Waals surface area contributed by atoms with E-state index in [-0.39, 0.29) is 23.7 Å². The van der Waals surface area contributed by atoms with Crippen LogP contribution in [0.3, 0.4) is 0 Å². The van der Waals surface area contributed by atoms with Crippen molar-refractivity contribution in [3.63, 3.8) is 0 Å². The number of carbonyl (C=O) groups is 2. The highest BCUT2D eigenvalue weighted by molar-refractivity contribution is 5.83. The van der Waals surface area contributed by atoms with Crippen LogP contribution in [0.2, 0.25) is 0 Å². The van der Waals surface area contributed by atoms with Crippen LogP contribution in [-0.2, 0) is 9.59 Å². The van der Waals surface area contributed by atoms with Crippen molar-refractivity contribution in [2.75, 3.05) is 20.1 Å². The Morgan fingerprint density at radius 3 is 2.94 bits per heavy atom. The Morgan fingerprint density at radius 2 is 2.44 bits per heavy atom. The largest absolute Gasteiger partial charge is 0.355 e. The van der Waals surface area contributed by atoms with Crippen LogP contribution in [0.15, 0.2) is 0 Å². The van der Waals surface area contributed by atoms with E-state index in [2.05, 4.69) is 11.4 Å². The molecule has 0 aromatic carbocycles. The van der Waals surface area contributed by atoms with Gasteiger partial charge in [-0.3, -0.25) is 9.59 Å². The van der Waals surface area contributed by atoms with Gasteiger partial charge in [0.15, 0.2) is 0 Å². The zero-order chi connectivity index (χ0) is 12.1. The highest BCUT2D eigenvalue weighted by Gasteiger charge is 2.27. The van der Waals surface area contributed by atoms with E-state index in [0.29, 0.717) is 25.9 Å². The summed E-state index contributed by atoms with van der Waals surface area (Å²) in [6, 6.07) is 2.10. The third-order valence-electron chi connectivity index (χ3n) is 2.76. The van der Waals surface area contributed by atoms with Crippen LogP contribution in [0.25, 0.3) is 0 Å². The normalized spacial score (nSPS) is 21.8. The summed E-state index contributed by atoms with van der Waals surface area (Å²) in [5, 5.41) is 11.3. The second-order valence-corrected chi connectivity index (χ2v) is 4.29. The van der Waals surface area contributed by atoms with Gasteiger partial charge < -0.3 is 10.2 Å². The molecule has 0 aliphatic carbocycles. The average Bonchev–Trinajstić information content (AvgIpc) is 2.28. The van der Waals surface area contributed by atoms with Gasteiger partial charge in [-0.15, -0.1) is 0 Å². The molecule has 88 valence electrons. The summed E-state index contributed by atoms with van der Waals surface area (Å²) < 4.78 is 0. The van der Waals surface area contributed by atoms with Crippen molar-refractivity contribution in [3.8, 4) is 6.07 Å². The van der Waals surface area contributed by atoms with Crippen LogP contribution in [0.1, 0.15) is 19.8 Å². The minimum atomic E-state index is -0.160. The number of amides is 2. The fourth-order valence-corrected chi connectivity index (χ4v) is 1.80. The predicted octanol–water partition coefficient (Wildman–Crippen LogP) is 0.131. The molecule has 0 radical (unpaired) electrons. The van der Waals surface area contributed by atoms with Gasteiger partial charge >= 0.3 is 0 Å². The Morgan fingerprint density at radius 1 is 1.75 bits per heavy atom. The zero-order valence-electron chi connectivity index (χ0n) is 9.69. The van der Waals surface area contributed by atoms with Gasteiger partial charge in [-0.05, 0) is 13.3 Å². The van der Waals surface area contributed by atoms with Gasteiger partial charge in [0.1, 0.15) is 0 Å². The highest BCUT2D eigenvalue weighted by Crippen LogP contribution is 2.14. The standard InChI is InChI=1S/C11H17N3O2/c1-8(5-12)7-14(2)11(16)9-3-4-10(15)13-6-9/h8-9H,3-4,6-7H2,1-2H3,(H,13,15). The number of piperidine rings is 1. The van der Waals surface area contributed by atoms with Crippen LogP contribution in [0.5, 0.6) is 0 Å². The van der Waals surface area contributed by atoms with E-state index < -0.39 is 0 Å². The van der Waals surface area contributed by atoms with Gasteiger partial charge in [-0.1, -0.05) is 0 Å². The van der Waals surface area contributed by atoms with Crippen molar-refractivity contribution in [2.24, 2.45) is 11.8 Å². The van der Waals surface area contributed by atoms with Crippen molar-refractivity contribution in [1.82, 2.24) is 10.2 Å². The van der Waals surface area contributed by atoms with E-state index in [1.165, 1.54) is 0 Å². The summed E-state index contributed by atoms with van der Waals surface area (Å²) in [4.78, 5) is 24.4. The maximum atomic E-state index is 11.9. The molecule has 1 heterocycles. The molecule has 2 amide bonds. The highest BCUT2D eigenvalue weighted by atomic mass is 16.2. The van der Waals surface area contributed by atoms with Crippen molar-refractivity contribution >= 4 is 11.8 Å². The first-order chi connectivity index (χ1) is 7.54. The van der Waals surface area contributed by atoms with Gasteiger partial charge in [0.05, 0.1) is 17.9 Å². The molecule has 5 heteroatoms. The summed E-state index contributed by atoms with van der Waals surface area (Å²) in [6.07, 6.45) is 1.02. The van der Waals surface area contributed by atoms with Crippen molar-refractivity contribution in [2.45, 2.75) is 19.8 Å². The third kappa shape index (κ3) is 3.23. The summed E-state index contributed by atoms with van der Waals surface area (Å²) >= 11 is 0. The van der Waals surface area contributed by atoms with Crippen LogP contribution in [-0.4, -0.2) is 36.9 Å². The summed E-state index contributed by atoms with van der Waals surface area (Å²) in [7, 11) is 1.70. The fourth-order valence-electron chi connectivity index (χ4n) is 1.80. The Balaban J connectivity index is 2.45. The molecule has 1 N–H and O–H groups in total. The molecule has 1 aliphatic heterocycles. The quantitative estimate of drug-likeness (QED) is 0.739. The van der Waals surface area contributed by atoms with E-state index in [1.54, 1.807) is 18.9 Å². The van der Waals surface area contributed by atoms with Crippen molar-refractivity contribution in [1.29, 1.82) is 5.26 Å². The lowest BCUT2D eigenvalue weighted by molar-refractivity contribution is -0.136. The second kappa shape index (κ2) is 5.50. The Hall–Kier alpha value is -1.57. The molecule has 0 spiro atoms. The van der Waals surface area contributed by atoms with Gasteiger partial charge in [-0.2, -0.15) is 5.26 Å². The molecule has 5 nitrogen and oxygen atoms in total. The lowest BCUT2D eigenvalue weighted by atomic mass is 9.97. The zero-order valence-corrected chi connectivity index (χ0v) is 9.69. The van der Waals surface area contributed by atoms with Crippen molar-refractivity contribution in [3.05, 3.63) is 0 Å². The molecule has 0 saturated carbocycles. The minimum absolute atomic E-state index is 0.0112. The van der Waals surface area contributed by atoms with Crippen LogP contribution >= 0.6 is 0 Å². The molecule has 0 aromatic heterocycles. The van der Waals surface area contributed by atoms with E-state index in [4.69, 9.17) is 5.26 Å². The number of nitrogens with zero attached hydrogens (tertiary/aromatic N) is 2. The number of hydrogen-bond acceptors (Lipinski definition) is 3. The van der Waals surface area contributed by atoms with Gasteiger partial charge in [0, 0.05) is 26.6 Å². The molecule has 1 rings (SSSR count). The molecule has 0 aromatic rings. The first-order valence-electron chi connectivity index (χ1n) is 5.46. The molecular formula is C11H17N3O2. The molecule has 2 unspecified atom stereocenters. The first-order valence-corrected chi connectivity index (χ1v) is 5.46. The molecule has 0 bridgehead atoms. The molecule has 1 fully saturated rings. The number of nitriles is 1. The summed E-state index contributed by atoms with van der Waals surface area (Å²) in [5.41, 5.74) is 0. The lowest BCUT2D eigenvalue weighted by Crippen LogP contribution is -2.44. The Labute approximate surface area is 95.4 Å². The maximum Gasteiger partial charge on any atom is 0.227 e. The molecule has 16 heavy (non-hydrogen) atoms. The number of rotatable bonds is 3. The van der Waals surface area contributed by atoms with Crippen LogP contribution in [0.4, 0.5) is 0 Å². The van der Waals surface area contributed by atoms with Gasteiger partial charge in [0.2, 0.25) is 11.8 Å². The minimum Gasteiger partial charge on any atom is -0.355 e. The maximum absolute atomic E-state index is 11.9. The number of nitrogens with one attached hydrogen (secondary N) is 1. The third-order valence-corrected chi connectivity index (χ3v) is 2.76. The molecule has 1 saturated heterocycles. The average molecular weight is 223 g/mol. The first kappa shape index (κ1) is 12.5. The molecule has 1 aliphatic rings. The van der Waals surface area contributed by atoms with Crippen molar-refractivity contribution < 1.29 is 9.59 Å².